The summed E-state index contributed by atoms with van der Waals surface area (Å²) in [6.07, 6.45) is 1.33. The van der Waals surface area contributed by atoms with E-state index in [1.165, 1.54) is 0 Å². The molecule has 0 saturated carbocycles. The third-order valence-corrected chi connectivity index (χ3v) is 5.23. The molecule has 1 N–H and O–H groups in total. The highest BCUT2D eigenvalue weighted by atomic mass is 35.5. The van der Waals surface area contributed by atoms with Crippen molar-refractivity contribution in [2.75, 3.05) is 21.3 Å². The number of hydrogen-bond acceptors (Lipinski definition) is 4. The van der Waals surface area contributed by atoms with Crippen LogP contribution in [-0.2, 0) is 22.6 Å². The Balaban J connectivity index is 2.19. The van der Waals surface area contributed by atoms with Crippen LogP contribution in [0.1, 0.15) is 30.9 Å². The molecule has 0 heterocycles. The van der Waals surface area contributed by atoms with Gasteiger partial charge in [0.25, 0.3) is 0 Å². The average molecular weight is 433 g/mol. The molecular formula is C23H29ClN2O4. The molecule has 0 aliphatic carbocycles. The summed E-state index contributed by atoms with van der Waals surface area (Å²) in [5.74, 6) is 1.00. The van der Waals surface area contributed by atoms with Crippen LogP contribution >= 0.6 is 11.6 Å². The molecule has 0 aliphatic rings. The second-order valence-electron chi connectivity index (χ2n) is 6.88. The molecule has 6 nitrogen and oxygen atoms in total. The van der Waals surface area contributed by atoms with Gasteiger partial charge in [-0.2, -0.15) is 0 Å². The van der Waals surface area contributed by atoms with E-state index in [1.54, 1.807) is 38.3 Å². The minimum Gasteiger partial charge on any atom is -0.493 e. The Kier molecular flexibility index (Phi) is 8.99. The van der Waals surface area contributed by atoms with Gasteiger partial charge in [0.2, 0.25) is 11.8 Å². The predicted molar refractivity (Wildman–Crippen MR) is 118 cm³/mol. The van der Waals surface area contributed by atoms with Gasteiger partial charge >= 0.3 is 0 Å². The molecule has 2 amide bonds. The van der Waals surface area contributed by atoms with Gasteiger partial charge in [-0.15, -0.1) is 0 Å². The second kappa shape index (κ2) is 11.5. The van der Waals surface area contributed by atoms with Gasteiger partial charge in [-0.05, 0) is 48.2 Å². The zero-order valence-electron chi connectivity index (χ0n) is 17.9. The number of rotatable bonds is 10. The van der Waals surface area contributed by atoms with Gasteiger partial charge in [0.1, 0.15) is 6.04 Å². The fourth-order valence-electron chi connectivity index (χ4n) is 3.30. The van der Waals surface area contributed by atoms with Crippen LogP contribution in [-0.4, -0.2) is 44.0 Å². The largest absolute Gasteiger partial charge is 0.493 e. The molecule has 0 saturated heterocycles. The number of benzene rings is 2. The molecule has 0 aromatic heterocycles. The number of likely N-dealkylation sites (N-methyl/N-ethyl adjacent to an activating group) is 1. The molecule has 0 spiro atoms. The Morgan fingerprint density at radius 2 is 1.67 bits per heavy atom. The highest BCUT2D eigenvalue weighted by Gasteiger charge is 2.27. The number of methoxy groups -OCH3 is 2. The fourth-order valence-corrected chi connectivity index (χ4v) is 3.43. The summed E-state index contributed by atoms with van der Waals surface area (Å²) in [7, 11) is 4.74. The van der Waals surface area contributed by atoms with Gasteiger partial charge < -0.3 is 19.7 Å². The first-order valence-corrected chi connectivity index (χ1v) is 10.3. The molecule has 2 rings (SSSR count). The summed E-state index contributed by atoms with van der Waals surface area (Å²) in [5, 5.41) is 3.29. The number of carbonyl (C=O) groups excluding carboxylic acids is 2. The zero-order valence-corrected chi connectivity index (χ0v) is 18.7. The summed E-state index contributed by atoms with van der Waals surface area (Å²) < 4.78 is 10.6. The summed E-state index contributed by atoms with van der Waals surface area (Å²) in [6, 6.07) is 12.4. The van der Waals surface area contributed by atoms with Gasteiger partial charge in [-0.1, -0.05) is 36.7 Å². The molecule has 162 valence electrons. The SMILES string of the molecule is CC[C@H](C(=O)NC)N(Cc1ccc(Cl)cc1)C(=O)CCc1ccc(OC)c(OC)c1. The Labute approximate surface area is 183 Å². The quantitative estimate of drug-likeness (QED) is 0.619. The van der Waals surface area contributed by atoms with E-state index in [4.69, 9.17) is 21.1 Å². The average Bonchev–Trinajstić information content (AvgIpc) is 2.78. The maximum atomic E-state index is 13.2. The van der Waals surface area contributed by atoms with Crippen LogP contribution in [0.3, 0.4) is 0 Å². The van der Waals surface area contributed by atoms with Crippen molar-refractivity contribution >= 4 is 23.4 Å². The van der Waals surface area contributed by atoms with E-state index in [2.05, 4.69) is 5.32 Å². The summed E-state index contributed by atoms with van der Waals surface area (Å²) in [6.45, 7) is 2.24. The van der Waals surface area contributed by atoms with Gasteiger partial charge in [0.15, 0.2) is 11.5 Å². The molecule has 2 aromatic rings. The van der Waals surface area contributed by atoms with Crippen molar-refractivity contribution in [3.05, 3.63) is 58.6 Å². The number of nitrogens with one attached hydrogen (secondary N) is 1. The van der Waals surface area contributed by atoms with Crippen molar-refractivity contribution in [1.29, 1.82) is 0 Å². The maximum absolute atomic E-state index is 13.2. The molecule has 0 aliphatic heterocycles. The first-order valence-electron chi connectivity index (χ1n) is 9.89. The molecule has 0 fully saturated rings. The first kappa shape index (κ1) is 23.5. The fraction of sp³-hybridized carbons (Fsp3) is 0.391. The van der Waals surface area contributed by atoms with Crippen LogP contribution in [0.4, 0.5) is 0 Å². The number of halogens is 1. The van der Waals surface area contributed by atoms with Gasteiger partial charge in [0, 0.05) is 25.0 Å². The van der Waals surface area contributed by atoms with Crippen LogP contribution < -0.4 is 14.8 Å². The van der Waals surface area contributed by atoms with Crippen LogP contribution in [0.5, 0.6) is 11.5 Å². The van der Waals surface area contributed by atoms with E-state index in [-0.39, 0.29) is 18.2 Å². The zero-order chi connectivity index (χ0) is 22.1. The lowest BCUT2D eigenvalue weighted by molar-refractivity contribution is -0.141. The summed E-state index contributed by atoms with van der Waals surface area (Å²) in [5.41, 5.74) is 1.88. The molecule has 0 unspecified atom stereocenters. The van der Waals surface area contributed by atoms with Crippen molar-refractivity contribution in [1.82, 2.24) is 10.2 Å². The Hall–Kier alpha value is -2.73. The Bertz CT molecular complexity index is 855. The second-order valence-corrected chi connectivity index (χ2v) is 7.31. The highest BCUT2D eigenvalue weighted by molar-refractivity contribution is 6.30. The molecule has 0 radical (unpaired) electrons. The van der Waals surface area contributed by atoms with Gasteiger partial charge in [0.05, 0.1) is 14.2 Å². The van der Waals surface area contributed by atoms with Crippen LogP contribution in [0.25, 0.3) is 0 Å². The third kappa shape index (κ3) is 6.13. The number of hydrogen-bond donors (Lipinski definition) is 1. The van der Waals surface area contributed by atoms with Gasteiger partial charge in [-0.25, -0.2) is 0 Å². The lowest BCUT2D eigenvalue weighted by Gasteiger charge is -2.30. The monoisotopic (exact) mass is 432 g/mol. The molecule has 1 atom stereocenters. The lowest BCUT2D eigenvalue weighted by Crippen LogP contribution is -2.48. The predicted octanol–water partition coefficient (Wildman–Crippen LogP) is 3.84. The van der Waals surface area contributed by atoms with E-state index < -0.39 is 6.04 Å². The van der Waals surface area contributed by atoms with Crippen LogP contribution in [0, 0.1) is 0 Å². The van der Waals surface area contributed by atoms with Crippen molar-refractivity contribution in [2.45, 2.75) is 38.8 Å². The molecule has 2 aromatic carbocycles. The summed E-state index contributed by atoms with van der Waals surface area (Å²) >= 11 is 5.97. The van der Waals surface area contributed by atoms with E-state index in [9.17, 15) is 9.59 Å². The van der Waals surface area contributed by atoms with Crippen LogP contribution in [0.15, 0.2) is 42.5 Å². The lowest BCUT2D eigenvalue weighted by atomic mass is 10.1. The summed E-state index contributed by atoms with van der Waals surface area (Å²) in [4.78, 5) is 27.2. The van der Waals surface area contributed by atoms with E-state index >= 15 is 0 Å². The number of ether oxygens (including phenoxy) is 2. The van der Waals surface area contributed by atoms with E-state index in [0.717, 1.165) is 11.1 Å². The molecular weight excluding hydrogens is 404 g/mol. The van der Waals surface area contributed by atoms with Crippen molar-refractivity contribution in [2.24, 2.45) is 0 Å². The molecule has 7 heteroatoms. The minimum atomic E-state index is -0.538. The first-order chi connectivity index (χ1) is 14.4. The van der Waals surface area contributed by atoms with Crippen molar-refractivity contribution in [3.63, 3.8) is 0 Å². The number of carbonyl (C=O) groups is 2. The van der Waals surface area contributed by atoms with E-state index in [1.807, 2.05) is 37.3 Å². The Morgan fingerprint density at radius 1 is 1.03 bits per heavy atom. The smallest absolute Gasteiger partial charge is 0.242 e. The third-order valence-electron chi connectivity index (χ3n) is 4.97. The normalized spacial score (nSPS) is 11.5. The van der Waals surface area contributed by atoms with Crippen molar-refractivity contribution < 1.29 is 19.1 Å². The topological polar surface area (TPSA) is 67.9 Å². The number of nitrogens with zero attached hydrogens (tertiary/aromatic N) is 1. The Morgan fingerprint density at radius 3 is 2.23 bits per heavy atom. The minimum absolute atomic E-state index is 0.0878. The van der Waals surface area contributed by atoms with Gasteiger partial charge in [-0.3, -0.25) is 9.59 Å². The number of aryl methyl sites for hydroxylation is 1. The number of amides is 2. The maximum Gasteiger partial charge on any atom is 0.242 e. The van der Waals surface area contributed by atoms with E-state index in [0.29, 0.717) is 35.9 Å². The highest BCUT2D eigenvalue weighted by Crippen LogP contribution is 2.28. The molecule has 0 bridgehead atoms. The molecule has 30 heavy (non-hydrogen) atoms. The standard InChI is InChI=1S/C23H29ClN2O4/c1-5-19(23(28)25-2)26(15-17-6-10-18(24)11-7-17)22(27)13-9-16-8-12-20(29-3)21(14-16)30-4/h6-8,10-12,14,19H,5,9,13,15H2,1-4H3,(H,25,28)/t19-/m1/s1. The van der Waals surface area contributed by atoms with Crippen LogP contribution in [0.2, 0.25) is 5.02 Å². The van der Waals surface area contributed by atoms with Crippen molar-refractivity contribution in [3.8, 4) is 11.5 Å².